The van der Waals surface area contributed by atoms with E-state index in [9.17, 15) is 44.2 Å². The van der Waals surface area contributed by atoms with Gasteiger partial charge in [-0.25, -0.2) is 14.5 Å². The van der Waals surface area contributed by atoms with E-state index in [1.807, 2.05) is 238 Å². The molecule has 0 aliphatic rings. The monoisotopic (exact) mass is 2000 g/mol. The number of hydrogen-bond acceptors (Lipinski definition) is 20. The number of carboxylic acid groups (broad SMARTS) is 3. The van der Waals surface area contributed by atoms with Crippen LogP contribution in [0, 0.1) is 74.5 Å². The van der Waals surface area contributed by atoms with Crippen LogP contribution in [0.25, 0.3) is 115 Å². The Balaban J connectivity index is 0.000000174. The summed E-state index contributed by atoms with van der Waals surface area (Å²) in [5.41, 5.74) is 20.5. The molecular formula is C115H75Cl2N9O12S5. The van der Waals surface area contributed by atoms with E-state index in [0.717, 1.165) is 157 Å². The van der Waals surface area contributed by atoms with Gasteiger partial charge in [-0.2, -0.15) is 15.8 Å². The van der Waals surface area contributed by atoms with Gasteiger partial charge < -0.3 is 44.2 Å². The number of anilines is 9. The van der Waals surface area contributed by atoms with Crippen LogP contribution in [0.15, 0.2) is 356 Å². The summed E-state index contributed by atoms with van der Waals surface area (Å²) in [7, 11) is 0. The summed E-state index contributed by atoms with van der Waals surface area (Å²) in [4.78, 5) is 90.1. The van der Waals surface area contributed by atoms with Crippen LogP contribution in [0.5, 0.6) is 0 Å². The molecule has 0 aliphatic heterocycles. The molecule has 0 fully saturated rings. The maximum absolute atomic E-state index is 11.4. The number of ether oxygens (including phenoxy) is 3. The summed E-state index contributed by atoms with van der Waals surface area (Å²) in [6.07, 6.45) is 10.9. The first-order chi connectivity index (χ1) is 69.4. The number of nitriles is 3. The van der Waals surface area contributed by atoms with Gasteiger partial charge >= 0.3 is 17.9 Å². The largest absolute Gasteiger partial charge is 0.486 e. The van der Waals surface area contributed by atoms with Crippen molar-refractivity contribution in [3.05, 3.63) is 464 Å². The molecule has 16 rings (SSSR count). The number of carboxylic acids is 3. The molecule has 28 heteroatoms. The third-order valence-corrected chi connectivity index (χ3v) is 27.6. The van der Waals surface area contributed by atoms with Crippen molar-refractivity contribution in [1.82, 2.24) is 0 Å². The lowest BCUT2D eigenvalue weighted by Gasteiger charge is -2.26. The first-order valence-electron chi connectivity index (χ1n) is 43.1. The van der Waals surface area contributed by atoms with E-state index in [2.05, 4.69) is 156 Å². The lowest BCUT2D eigenvalue weighted by Crippen LogP contribution is -2.09. The van der Waals surface area contributed by atoms with Gasteiger partial charge in [0.15, 0.2) is 0 Å². The molecule has 0 radical (unpaired) electrons. The number of thiophene rings is 5. The fraction of sp³-hybridized carbons (Fsp3) is 0.0261. The Morgan fingerprint density at radius 1 is 0.315 bits per heavy atom. The molecular weight excluding hydrogens is 1930 g/mol. The molecule has 16 aromatic rings. The second-order valence-electron chi connectivity index (χ2n) is 31.0. The Morgan fingerprint density at radius 2 is 0.566 bits per heavy atom. The fourth-order valence-electron chi connectivity index (χ4n) is 14.7. The highest BCUT2D eigenvalue weighted by Crippen LogP contribution is 2.45. The number of rotatable bonds is 32. The smallest absolute Gasteiger partial charge is 0.333 e. The average Bonchev–Trinajstić information content (AvgIpc) is 1.49. The van der Waals surface area contributed by atoms with Gasteiger partial charge in [0.25, 0.3) is 36.5 Å². The van der Waals surface area contributed by atoms with Crippen molar-refractivity contribution in [2.24, 2.45) is 0 Å². The maximum Gasteiger partial charge on any atom is 0.333 e. The number of nitrogens with zero attached hydrogens (tertiary/aromatic N) is 9. The van der Waals surface area contributed by atoms with Crippen molar-refractivity contribution in [3.8, 4) is 70.4 Å². The Labute approximate surface area is 853 Å². The van der Waals surface area contributed by atoms with Crippen molar-refractivity contribution in [2.75, 3.05) is 14.7 Å². The minimum Gasteiger partial charge on any atom is -0.486 e. The number of carbonyl (C=O) groups excluding carboxylic acids is 3. The molecule has 0 bridgehead atoms. The Bertz CT molecular complexity index is 7870. The number of benzene rings is 11. The lowest BCUT2D eigenvalue weighted by molar-refractivity contribution is -0.133. The van der Waals surface area contributed by atoms with Crippen LogP contribution in [0.3, 0.4) is 0 Å². The van der Waals surface area contributed by atoms with Gasteiger partial charge in [0.2, 0.25) is 17.3 Å². The topological polar surface area (TPSA) is 285 Å². The molecule has 0 aliphatic carbocycles. The number of aryl methyl sites for hydroxylation is 3. The molecule has 143 heavy (non-hydrogen) atoms. The highest BCUT2D eigenvalue weighted by molar-refractivity contribution is 7.17. The first-order valence-corrected chi connectivity index (χ1v) is 47.9. The van der Waals surface area contributed by atoms with Gasteiger partial charge in [0.1, 0.15) is 18.2 Å². The molecule has 696 valence electrons. The summed E-state index contributed by atoms with van der Waals surface area (Å²) < 4.78 is 14.1. The van der Waals surface area contributed by atoms with Crippen LogP contribution in [0.1, 0.15) is 63.3 Å². The van der Waals surface area contributed by atoms with Gasteiger partial charge in [0, 0.05) is 122 Å². The number of halogens is 2. The highest BCUT2D eigenvalue weighted by atomic mass is 35.5. The first kappa shape index (κ1) is 101. The van der Waals surface area contributed by atoms with Crippen molar-refractivity contribution in [3.63, 3.8) is 0 Å². The zero-order valence-electron chi connectivity index (χ0n) is 75.7. The summed E-state index contributed by atoms with van der Waals surface area (Å²) in [5.74, 6) is -3.98. The van der Waals surface area contributed by atoms with Gasteiger partial charge in [-0.05, 0) is 300 Å². The van der Waals surface area contributed by atoms with Gasteiger partial charge in [0.05, 0.1) is 19.7 Å². The molecule has 0 saturated heterocycles. The highest BCUT2D eigenvalue weighted by Gasteiger charge is 2.22. The lowest BCUT2D eigenvalue weighted by atomic mass is 9.95. The summed E-state index contributed by atoms with van der Waals surface area (Å²) >= 11 is 19.7. The predicted octanol–water partition coefficient (Wildman–Crippen LogP) is 31.1. The standard InChI is InChI=1S/C48H29Cl2N3O4S2.C36H25N3O4S2.C31H21N3O4S/c1-52-45(48(55)56)28-43-23-25-47(59-43)35-10-20-40(21-11-35)53(39-18-8-34(9-19-39)46-24-22-42(58-46)27-41(29-51)57-30-54)38-16-2-31(3-17-38)26-44(32-4-12-36(49)13-5-32)33-6-14-37(50)15-7-33;1-23-4-10-27(11-5-23)39(28-12-6-25(7-13-28)34-17-16-31(44-34)19-30(21-37)43-22-40)29-14-8-26(9-15-29)35-24(2)18-32(45-35)20-33(38-3)36(41)42;1-21-3-9-24(10-4-21)34(25-11-5-22(6-12-25)17-27(19-32)38-20-35)26-13-7-23(8-14-26)30-16-15-28(39-30)18-29(33-2)31(36)37/h2-28,30H,(H,55,56);4-20,22H,1-2H3,(H,41,42);3-18,20H,1H3,(H,36,37)/b41-27+,45-28-;30-19+,33-20-;27-17+,29-18-. The van der Waals surface area contributed by atoms with Gasteiger partial charge in [-0.3, -0.25) is 28.8 Å². The Morgan fingerprint density at radius 3 is 0.839 bits per heavy atom. The zero-order valence-corrected chi connectivity index (χ0v) is 81.3. The summed E-state index contributed by atoms with van der Waals surface area (Å²) in [6.45, 7) is 28.1. The van der Waals surface area contributed by atoms with E-state index in [0.29, 0.717) is 25.4 Å². The number of hydrogen-bond donors (Lipinski definition) is 3. The van der Waals surface area contributed by atoms with E-state index >= 15 is 0 Å². The third-order valence-electron chi connectivity index (χ3n) is 21.5. The second-order valence-corrected chi connectivity index (χ2v) is 37.4. The molecule has 0 spiro atoms. The van der Waals surface area contributed by atoms with Crippen LogP contribution in [-0.4, -0.2) is 52.6 Å². The van der Waals surface area contributed by atoms with Crippen molar-refractivity contribution < 1.29 is 58.3 Å². The van der Waals surface area contributed by atoms with Crippen molar-refractivity contribution in [1.29, 1.82) is 15.8 Å². The van der Waals surface area contributed by atoms with E-state index in [1.165, 1.54) is 93.1 Å². The van der Waals surface area contributed by atoms with Crippen molar-refractivity contribution in [2.45, 2.75) is 20.8 Å². The average molecular weight is 2010 g/mol. The van der Waals surface area contributed by atoms with Gasteiger partial charge in [-0.15, -0.1) is 56.7 Å². The van der Waals surface area contributed by atoms with Crippen LogP contribution < -0.4 is 14.7 Å². The third kappa shape index (κ3) is 26.2. The molecule has 5 aromatic heterocycles. The number of allylic oxidation sites excluding steroid dienone is 3. The Hall–Kier alpha value is -18.2. The van der Waals surface area contributed by atoms with Crippen LogP contribution in [0.2, 0.25) is 10.0 Å². The molecule has 0 atom stereocenters. The zero-order chi connectivity index (χ0) is 101. The number of carbonyl (C=O) groups is 6. The minimum absolute atomic E-state index is 0.0626. The molecule has 0 amide bonds. The van der Waals surface area contributed by atoms with E-state index in [-0.39, 0.29) is 53.8 Å². The molecule has 0 saturated carbocycles. The normalized spacial score (nSPS) is 11.3. The number of aliphatic carboxylic acids is 3. The van der Waals surface area contributed by atoms with Gasteiger partial charge in [-0.1, -0.05) is 168 Å². The minimum atomic E-state index is -1.26. The molecule has 5 heterocycles. The molecule has 21 nitrogen and oxygen atoms in total. The maximum atomic E-state index is 11.4. The van der Waals surface area contributed by atoms with Crippen molar-refractivity contribution >= 4 is 217 Å². The quantitative estimate of drug-likeness (QED) is 0.00671. The Kier molecular flexibility index (Phi) is 34.0. The molecule has 3 N–H and O–H groups in total. The SMILES string of the molecule is [C-]#[N+]/C(=C\c1cc(C)c(-c2ccc(N(c3ccc(C)cc3)c3ccc(-c4ccc(/C=C(\C#N)OC=O)s4)cc3)cc2)s1)C(=O)O.[C-]#[N+]/C(=C\c1ccc(-c2ccc(N(c3ccc(C)cc3)c3ccc(/C=C(\C#N)OC=O)cc3)cc2)s1)C(=O)O.[C-]#[N+]/C(=C\c1ccc(-c2ccc(N(c3ccc(C=C(c4ccc(Cl)cc4)c4ccc(Cl)cc4)cc3)c3ccc(-c4ccc(/C=C(\C#N)OC=O)s4)cc3)cc2)s1)C(=O)O. The molecule has 11 aromatic carbocycles. The van der Waals surface area contributed by atoms with E-state index in [1.54, 1.807) is 6.07 Å². The second kappa shape index (κ2) is 48.2. The van der Waals surface area contributed by atoms with E-state index < -0.39 is 17.9 Å². The summed E-state index contributed by atoms with van der Waals surface area (Å²) in [6, 6.07) is 111. The molecule has 0 unspecified atom stereocenters. The van der Waals surface area contributed by atoms with Crippen LogP contribution >= 0.6 is 79.9 Å². The van der Waals surface area contributed by atoms with Crippen LogP contribution in [0.4, 0.5) is 51.2 Å². The predicted molar refractivity (Wildman–Crippen MR) is 573 cm³/mol. The summed E-state index contributed by atoms with van der Waals surface area (Å²) in [5, 5.41) is 56.5. The van der Waals surface area contributed by atoms with Crippen LogP contribution in [-0.2, 0) is 43.0 Å². The van der Waals surface area contributed by atoms with E-state index in [4.69, 9.17) is 68.0 Å². The fourth-order valence-corrected chi connectivity index (χ4v) is 19.8.